The molecule has 7 nitrogen and oxygen atoms in total. The number of pyridine rings is 1. The zero-order chi connectivity index (χ0) is 28.2. The minimum Gasteiger partial charge on any atom is -0.493 e. The number of thiocarbonyl (C=S) groups is 1. The van der Waals surface area contributed by atoms with Gasteiger partial charge in [0, 0.05) is 29.4 Å². The van der Waals surface area contributed by atoms with Crippen molar-refractivity contribution in [3.8, 4) is 23.0 Å². The number of carbonyl (C=O) groups excluding carboxylic acids is 1. The Kier molecular flexibility index (Phi) is 8.15. The topological polar surface area (TPSA) is 81.7 Å². The molecule has 1 aromatic heterocycles. The highest BCUT2D eigenvalue weighted by Gasteiger charge is 2.30. The Balaban J connectivity index is 1.42. The second-order valence-corrected chi connectivity index (χ2v) is 8.57. The van der Waals surface area contributed by atoms with Gasteiger partial charge in [0.2, 0.25) is 5.91 Å². The second-order valence-electron chi connectivity index (χ2n) is 8.16. The van der Waals surface area contributed by atoms with E-state index in [1.807, 2.05) is 0 Å². The van der Waals surface area contributed by atoms with Crippen LogP contribution in [0.5, 0.6) is 23.0 Å². The molecule has 202 valence electrons. The van der Waals surface area contributed by atoms with E-state index in [9.17, 15) is 22.4 Å². The van der Waals surface area contributed by atoms with Crippen molar-refractivity contribution in [1.82, 2.24) is 10.3 Å². The predicted octanol–water partition coefficient (Wildman–Crippen LogP) is 6.26. The van der Waals surface area contributed by atoms with Crippen LogP contribution in [0.2, 0.25) is 0 Å². The van der Waals surface area contributed by atoms with Crippen molar-refractivity contribution in [2.24, 2.45) is 0 Å². The van der Waals surface area contributed by atoms with E-state index in [4.69, 9.17) is 26.4 Å². The number of rotatable bonds is 7. The Labute approximate surface area is 225 Å². The van der Waals surface area contributed by atoms with Crippen molar-refractivity contribution in [1.29, 1.82) is 0 Å². The largest absolute Gasteiger partial charge is 0.493 e. The standard InChI is InChI=1S/C27H21F4N3O4S/c1-36-23-13-18-20(14-24(23)37-2)32-9-8-21(18)38-22-7-6-17(12-19(22)28)33-26(39)34-25(35)11-15-4-3-5-16(10-15)27(29,30)31/h3-10,12-14H,11H2,1-2H3,(H2,33,34,35,39). The van der Waals surface area contributed by atoms with Gasteiger partial charge in [-0.05, 0) is 48.1 Å². The van der Waals surface area contributed by atoms with Gasteiger partial charge in [-0.25, -0.2) is 4.39 Å². The summed E-state index contributed by atoms with van der Waals surface area (Å²) in [5.41, 5.74) is 0.0764. The molecule has 1 heterocycles. The molecule has 0 aliphatic carbocycles. The molecular formula is C27H21F4N3O4S. The molecule has 0 saturated heterocycles. The van der Waals surface area contributed by atoms with Gasteiger partial charge in [-0.1, -0.05) is 18.2 Å². The van der Waals surface area contributed by atoms with E-state index in [1.54, 1.807) is 18.2 Å². The first kappa shape index (κ1) is 27.6. The van der Waals surface area contributed by atoms with Crippen LogP contribution in [0.1, 0.15) is 11.1 Å². The highest BCUT2D eigenvalue weighted by molar-refractivity contribution is 7.80. The first-order valence-electron chi connectivity index (χ1n) is 11.3. The first-order chi connectivity index (χ1) is 18.6. The molecular weight excluding hydrogens is 538 g/mol. The fourth-order valence-electron chi connectivity index (χ4n) is 3.69. The fourth-order valence-corrected chi connectivity index (χ4v) is 3.92. The molecule has 0 aliphatic rings. The summed E-state index contributed by atoms with van der Waals surface area (Å²) in [6.45, 7) is 0. The number of anilines is 1. The first-order valence-corrected chi connectivity index (χ1v) is 11.7. The summed E-state index contributed by atoms with van der Waals surface area (Å²) >= 11 is 5.09. The Morgan fingerprint density at radius 1 is 0.949 bits per heavy atom. The van der Waals surface area contributed by atoms with Crippen LogP contribution < -0.4 is 24.8 Å². The zero-order valence-electron chi connectivity index (χ0n) is 20.6. The Morgan fingerprint density at radius 3 is 2.38 bits per heavy atom. The van der Waals surface area contributed by atoms with Gasteiger partial charge in [0.1, 0.15) is 5.75 Å². The maximum Gasteiger partial charge on any atom is 0.416 e. The average Bonchev–Trinajstić information content (AvgIpc) is 2.89. The molecule has 0 bridgehead atoms. The van der Waals surface area contributed by atoms with E-state index in [0.29, 0.717) is 28.2 Å². The smallest absolute Gasteiger partial charge is 0.416 e. The molecule has 4 aromatic rings. The number of benzene rings is 3. The van der Waals surface area contributed by atoms with Crippen LogP contribution in [0.25, 0.3) is 10.9 Å². The maximum absolute atomic E-state index is 14.9. The molecule has 3 aromatic carbocycles. The van der Waals surface area contributed by atoms with Gasteiger partial charge < -0.3 is 24.8 Å². The number of methoxy groups -OCH3 is 2. The quantitative estimate of drug-likeness (QED) is 0.204. The Bertz CT molecular complexity index is 1550. The molecule has 12 heteroatoms. The van der Waals surface area contributed by atoms with E-state index in [1.165, 1.54) is 44.7 Å². The maximum atomic E-state index is 14.9. The van der Waals surface area contributed by atoms with Crippen molar-refractivity contribution in [3.63, 3.8) is 0 Å². The number of nitrogens with one attached hydrogen (secondary N) is 2. The lowest BCUT2D eigenvalue weighted by atomic mass is 10.1. The number of carbonyl (C=O) groups is 1. The average molecular weight is 560 g/mol. The predicted molar refractivity (Wildman–Crippen MR) is 141 cm³/mol. The number of amides is 1. The zero-order valence-corrected chi connectivity index (χ0v) is 21.4. The van der Waals surface area contributed by atoms with Crippen LogP contribution in [-0.4, -0.2) is 30.2 Å². The van der Waals surface area contributed by atoms with Gasteiger partial charge in [-0.15, -0.1) is 0 Å². The number of hydrogen-bond donors (Lipinski definition) is 2. The summed E-state index contributed by atoms with van der Waals surface area (Å²) in [6.07, 6.45) is -3.34. The number of nitrogens with zero attached hydrogens (tertiary/aromatic N) is 1. The molecule has 0 unspecified atom stereocenters. The van der Waals surface area contributed by atoms with E-state index < -0.39 is 23.5 Å². The molecule has 0 saturated carbocycles. The normalized spacial score (nSPS) is 11.1. The van der Waals surface area contributed by atoms with E-state index in [-0.39, 0.29) is 28.5 Å². The van der Waals surface area contributed by atoms with Gasteiger partial charge in [0.25, 0.3) is 0 Å². The fraction of sp³-hybridized carbons (Fsp3) is 0.148. The molecule has 39 heavy (non-hydrogen) atoms. The SMILES string of the molecule is COc1cc2nccc(Oc3ccc(NC(=S)NC(=O)Cc4cccc(C(F)(F)F)c4)cc3F)c2cc1OC. The lowest BCUT2D eigenvalue weighted by Gasteiger charge is -2.14. The summed E-state index contributed by atoms with van der Waals surface area (Å²) in [7, 11) is 2.99. The highest BCUT2D eigenvalue weighted by atomic mass is 32.1. The third kappa shape index (κ3) is 6.71. The Hall–Kier alpha value is -4.45. The molecule has 0 atom stereocenters. The molecule has 0 fully saturated rings. The summed E-state index contributed by atoms with van der Waals surface area (Å²) in [5, 5.41) is 5.45. The lowest BCUT2D eigenvalue weighted by molar-refractivity contribution is -0.137. The minimum absolute atomic E-state index is 0.0812. The number of aromatic nitrogens is 1. The monoisotopic (exact) mass is 559 g/mol. The molecule has 0 radical (unpaired) electrons. The second kappa shape index (κ2) is 11.5. The van der Waals surface area contributed by atoms with Gasteiger partial charge >= 0.3 is 6.18 Å². The van der Waals surface area contributed by atoms with Gasteiger partial charge in [0.05, 0.1) is 31.7 Å². The molecule has 2 N–H and O–H groups in total. The van der Waals surface area contributed by atoms with Crippen LogP contribution in [-0.2, 0) is 17.4 Å². The van der Waals surface area contributed by atoms with Crippen LogP contribution in [0.4, 0.5) is 23.2 Å². The van der Waals surface area contributed by atoms with Gasteiger partial charge in [-0.3, -0.25) is 9.78 Å². The Morgan fingerprint density at radius 2 is 1.69 bits per heavy atom. The van der Waals surface area contributed by atoms with Crippen LogP contribution in [0.15, 0.2) is 66.9 Å². The van der Waals surface area contributed by atoms with E-state index in [0.717, 1.165) is 18.2 Å². The van der Waals surface area contributed by atoms with Crippen molar-refractivity contribution in [2.75, 3.05) is 19.5 Å². The van der Waals surface area contributed by atoms with Crippen LogP contribution >= 0.6 is 12.2 Å². The van der Waals surface area contributed by atoms with Crippen molar-refractivity contribution in [2.45, 2.75) is 12.6 Å². The molecule has 4 rings (SSSR count). The molecule has 0 spiro atoms. The van der Waals surface area contributed by atoms with Crippen molar-refractivity contribution in [3.05, 3.63) is 83.8 Å². The van der Waals surface area contributed by atoms with Gasteiger partial charge in [0.15, 0.2) is 28.2 Å². The number of halogens is 4. The number of ether oxygens (including phenoxy) is 3. The summed E-state index contributed by atoms with van der Waals surface area (Å²) in [4.78, 5) is 16.5. The molecule has 1 amide bonds. The van der Waals surface area contributed by atoms with Crippen molar-refractivity contribution < 1.29 is 36.6 Å². The van der Waals surface area contributed by atoms with Crippen LogP contribution in [0.3, 0.4) is 0 Å². The lowest BCUT2D eigenvalue weighted by Crippen LogP contribution is -2.35. The van der Waals surface area contributed by atoms with Crippen LogP contribution in [0, 0.1) is 5.82 Å². The highest BCUT2D eigenvalue weighted by Crippen LogP contribution is 2.37. The number of fused-ring (bicyclic) bond motifs is 1. The minimum atomic E-state index is -4.52. The number of alkyl halides is 3. The summed E-state index contributed by atoms with van der Waals surface area (Å²) in [6, 6.07) is 13.3. The van der Waals surface area contributed by atoms with E-state index >= 15 is 0 Å². The van der Waals surface area contributed by atoms with E-state index in [2.05, 4.69) is 15.6 Å². The van der Waals surface area contributed by atoms with Gasteiger partial charge in [-0.2, -0.15) is 13.2 Å². The van der Waals surface area contributed by atoms with Crippen molar-refractivity contribution >= 4 is 39.8 Å². The summed E-state index contributed by atoms with van der Waals surface area (Å²) < 4.78 is 70.0. The number of hydrogen-bond acceptors (Lipinski definition) is 6. The third-order valence-corrected chi connectivity index (χ3v) is 5.69. The molecule has 0 aliphatic heterocycles. The third-order valence-electron chi connectivity index (χ3n) is 5.49. The summed E-state index contributed by atoms with van der Waals surface area (Å²) in [5.74, 6) is -0.173.